The zero-order valence-corrected chi connectivity index (χ0v) is 22.0. The summed E-state index contributed by atoms with van der Waals surface area (Å²) in [4.78, 5) is 28.6. The summed E-state index contributed by atoms with van der Waals surface area (Å²) in [6, 6.07) is 12.2. The Hall–Kier alpha value is -3.28. The zero-order chi connectivity index (χ0) is 26.0. The van der Waals surface area contributed by atoms with Crippen LogP contribution in [-0.4, -0.2) is 41.5 Å². The van der Waals surface area contributed by atoms with Crippen LogP contribution in [0.25, 0.3) is 5.76 Å². The number of aliphatic hydroxyl groups is 1. The van der Waals surface area contributed by atoms with E-state index in [4.69, 9.17) is 9.47 Å². The maximum Gasteiger partial charge on any atom is 0.295 e. The van der Waals surface area contributed by atoms with Crippen molar-refractivity contribution >= 4 is 17.4 Å². The van der Waals surface area contributed by atoms with Crippen molar-refractivity contribution in [3.05, 3.63) is 64.7 Å². The van der Waals surface area contributed by atoms with Gasteiger partial charge in [0.05, 0.1) is 25.3 Å². The fourth-order valence-electron chi connectivity index (χ4n) is 5.42. The smallest absolute Gasteiger partial charge is 0.295 e. The average molecular weight is 492 g/mol. The molecule has 1 heterocycles. The monoisotopic (exact) mass is 491 g/mol. The molecule has 1 saturated heterocycles. The number of ether oxygens (including phenoxy) is 2. The Labute approximate surface area is 213 Å². The van der Waals surface area contributed by atoms with Crippen molar-refractivity contribution in [3.8, 4) is 11.5 Å². The number of carbonyl (C=O) groups excluding carboxylic acids is 2. The van der Waals surface area contributed by atoms with Crippen molar-refractivity contribution in [2.24, 2.45) is 0 Å². The van der Waals surface area contributed by atoms with E-state index in [0.29, 0.717) is 17.9 Å². The van der Waals surface area contributed by atoms with Gasteiger partial charge in [0, 0.05) is 17.2 Å². The van der Waals surface area contributed by atoms with Crippen molar-refractivity contribution in [1.29, 1.82) is 0 Å². The van der Waals surface area contributed by atoms with Gasteiger partial charge in [0.25, 0.3) is 11.7 Å². The van der Waals surface area contributed by atoms with Crippen LogP contribution >= 0.6 is 0 Å². The molecule has 1 atom stereocenters. The SMILES string of the molecule is CCOc1ccc(C2/C(=C(/O)c3ccc(OC)c(C(C)(C)C)c3)C(=O)C(=O)N2C2CCCCC2)cc1. The van der Waals surface area contributed by atoms with E-state index in [-0.39, 0.29) is 22.8 Å². The molecule has 0 spiro atoms. The molecule has 1 amide bonds. The van der Waals surface area contributed by atoms with Gasteiger partial charge >= 0.3 is 0 Å². The second kappa shape index (κ2) is 10.4. The molecular weight excluding hydrogens is 454 g/mol. The van der Waals surface area contributed by atoms with E-state index >= 15 is 0 Å². The quantitative estimate of drug-likeness (QED) is 0.298. The molecule has 2 aliphatic rings. The largest absolute Gasteiger partial charge is 0.507 e. The number of likely N-dealkylation sites (tertiary alicyclic amines) is 1. The molecular formula is C30H37NO5. The third-order valence-corrected chi connectivity index (χ3v) is 7.24. The van der Waals surface area contributed by atoms with Crippen LogP contribution < -0.4 is 9.47 Å². The zero-order valence-electron chi connectivity index (χ0n) is 22.0. The minimum absolute atomic E-state index is 0.0296. The lowest BCUT2D eigenvalue weighted by Gasteiger charge is -2.35. The molecule has 4 rings (SSSR count). The van der Waals surface area contributed by atoms with Crippen LogP contribution in [0, 0.1) is 0 Å². The third-order valence-electron chi connectivity index (χ3n) is 7.24. The van der Waals surface area contributed by atoms with Gasteiger partial charge in [-0.1, -0.05) is 52.2 Å². The predicted molar refractivity (Wildman–Crippen MR) is 140 cm³/mol. The lowest BCUT2D eigenvalue weighted by molar-refractivity contribution is -0.141. The molecule has 1 unspecified atom stereocenters. The number of ketones is 1. The third kappa shape index (κ3) is 4.86. The molecule has 1 aliphatic heterocycles. The topological polar surface area (TPSA) is 76.1 Å². The predicted octanol–water partition coefficient (Wildman–Crippen LogP) is 6.15. The summed E-state index contributed by atoms with van der Waals surface area (Å²) in [5, 5.41) is 11.6. The van der Waals surface area contributed by atoms with E-state index in [9.17, 15) is 14.7 Å². The number of aliphatic hydroxyl groups excluding tert-OH is 1. The van der Waals surface area contributed by atoms with Crippen LogP contribution in [0.3, 0.4) is 0 Å². The Balaban J connectivity index is 1.87. The highest BCUT2D eigenvalue weighted by atomic mass is 16.5. The number of Topliss-reactive ketones (excluding diaryl/α,β-unsaturated/α-hetero) is 1. The van der Waals surface area contributed by atoms with Gasteiger partial charge in [-0.15, -0.1) is 0 Å². The standard InChI is InChI=1S/C30H37NO5/c1-6-36-22-15-12-19(13-16-22)26-25(28(33)29(34)31(26)21-10-8-7-9-11-21)27(32)20-14-17-24(35-5)23(18-20)30(2,3)4/h12-18,21,26,32H,6-11H2,1-5H3/b27-25-. The maximum absolute atomic E-state index is 13.5. The van der Waals surface area contributed by atoms with Gasteiger partial charge in [0.2, 0.25) is 0 Å². The van der Waals surface area contributed by atoms with E-state index in [1.54, 1.807) is 24.1 Å². The highest BCUT2D eigenvalue weighted by molar-refractivity contribution is 6.46. The van der Waals surface area contributed by atoms with Crippen LogP contribution in [0.4, 0.5) is 0 Å². The lowest BCUT2D eigenvalue weighted by atomic mass is 9.84. The number of hydrogen-bond acceptors (Lipinski definition) is 5. The molecule has 0 bridgehead atoms. The maximum atomic E-state index is 13.5. The van der Waals surface area contributed by atoms with E-state index in [1.165, 1.54) is 0 Å². The molecule has 6 heteroatoms. The van der Waals surface area contributed by atoms with E-state index < -0.39 is 17.7 Å². The highest BCUT2D eigenvalue weighted by Crippen LogP contribution is 2.44. The van der Waals surface area contributed by atoms with Crippen molar-refractivity contribution in [1.82, 2.24) is 4.90 Å². The number of amides is 1. The first-order valence-electron chi connectivity index (χ1n) is 12.9. The summed E-state index contributed by atoms with van der Waals surface area (Å²) in [6.45, 7) is 8.67. The lowest BCUT2D eigenvalue weighted by Crippen LogP contribution is -2.40. The molecule has 192 valence electrons. The number of hydrogen-bond donors (Lipinski definition) is 1. The fraction of sp³-hybridized carbons (Fsp3) is 0.467. The van der Waals surface area contributed by atoms with E-state index in [1.807, 2.05) is 37.3 Å². The van der Waals surface area contributed by atoms with Crippen LogP contribution in [0.1, 0.15) is 82.5 Å². The Morgan fingerprint density at radius 2 is 1.69 bits per heavy atom. The first-order valence-corrected chi connectivity index (χ1v) is 12.9. The number of methoxy groups -OCH3 is 1. The van der Waals surface area contributed by atoms with Gasteiger partial charge in [-0.3, -0.25) is 9.59 Å². The molecule has 6 nitrogen and oxygen atoms in total. The first kappa shape index (κ1) is 25.8. The second-order valence-electron chi connectivity index (χ2n) is 10.7. The minimum atomic E-state index is -0.649. The Morgan fingerprint density at radius 1 is 1.03 bits per heavy atom. The molecule has 0 aromatic heterocycles. The Kier molecular flexibility index (Phi) is 7.43. The Bertz CT molecular complexity index is 1150. The molecule has 36 heavy (non-hydrogen) atoms. The first-order chi connectivity index (χ1) is 17.2. The van der Waals surface area contributed by atoms with Crippen LogP contribution in [0.5, 0.6) is 11.5 Å². The normalized spacial score (nSPS) is 20.6. The summed E-state index contributed by atoms with van der Waals surface area (Å²) >= 11 is 0. The molecule has 1 N–H and O–H groups in total. The van der Waals surface area contributed by atoms with Gasteiger partial charge < -0.3 is 19.5 Å². The highest BCUT2D eigenvalue weighted by Gasteiger charge is 2.49. The Morgan fingerprint density at radius 3 is 2.28 bits per heavy atom. The van der Waals surface area contributed by atoms with Gasteiger partial charge in [-0.25, -0.2) is 0 Å². The molecule has 2 aromatic carbocycles. The van der Waals surface area contributed by atoms with Crippen LogP contribution in [0.2, 0.25) is 0 Å². The van der Waals surface area contributed by atoms with Gasteiger partial charge in [0.1, 0.15) is 17.3 Å². The summed E-state index contributed by atoms with van der Waals surface area (Å²) in [5.74, 6) is 0.112. The van der Waals surface area contributed by atoms with E-state index in [2.05, 4.69) is 20.8 Å². The fourth-order valence-corrected chi connectivity index (χ4v) is 5.42. The summed E-state index contributed by atoms with van der Waals surface area (Å²) in [7, 11) is 1.62. The second-order valence-corrected chi connectivity index (χ2v) is 10.7. The van der Waals surface area contributed by atoms with E-state index in [0.717, 1.165) is 49.0 Å². The molecule has 1 aliphatic carbocycles. The summed E-state index contributed by atoms with van der Waals surface area (Å²) in [5.41, 5.74) is 2.09. The summed E-state index contributed by atoms with van der Waals surface area (Å²) in [6.07, 6.45) is 4.90. The van der Waals surface area contributed by atoms with Crippen LogP contribution in [0.15, 0.2) is 48.0 Å². The van der Waals surface area contributed by atoms with Gasteiger partial charge in [0.15, 0.2) is 0 Å². The number of benzene rings is 2. The minimum Gasteiger partial charge on any atom is -0.507 e. The van der Waals surface area contributed by atoms with Crippen molar-refractivity contribution in [2.75, 3.05) is 13.7 Å². The molecule has 2 aromatic rings. The van der Waals surface area contributed by atoms with Crippen LogP contribution in [-0.2, 0) is 15.0 Å². The summed E-state index contributed by atoms with van der Waals surface area (Å²) < 4.78 is 11.1. The molecule has 2 fully saturated rings. The number of rotatable bonds is 6. The number of nitrogens with zero attached hydrogens (tertiary/aromatic N) is 1. The van der Waals surface area contributed by atoms with Crippen molar-refractivity contribution in [2.45, 2.75) is 77.3 Å². The van der Waals surface area contributed by atoms with Crippen molar-refractivity contribution < 1.29 is 24.2 Å². The van der Waals surface area contributed by atoms with Gasteiger partial charge in [-0.05, 0) is 61.1 Å². The molecule has 1 saturated carbocycles. The van der Waals surface area contributed by atoms with Gasteiger partial charge in [-0.2, -0.15) is 0 Å². The number of carbonyl (C=O) groups is 2. The molecule has 0 radical (unpaired) electrons. The van der Waals surface area contributed by atoms with Crippen molar-refractivity contribution in [3.63, 3.8) is 0 Å². The average Bonchev–Trinajstić information content (AvgIpc) is 3.14.